The normalized spacial score (nSPS) is 10.4. The van der Waals surface area contributed by atoms with Gasteiger partial charge in [-0.1, -0.05) is 13.3 Å². The Hall–Kier alpha value is -0.190. The molecule has 1 heterocycles. The maximum absolute atomic E-state index is 11.5. The lowest BCUT2D eigenvalue weighted by Crippen LogP contribution is -2.08. The summed E-state index contributed by atoms with van der Waals surface area (Å²) < 4.78 is 6.22. The molecular weight excluding hydrogens is 264 g/mol. The van der Waals surface area contributed by atoms with Crippen molar-refractivity contribution in [1.82, 2.24) is 0 Å². The van der Waals surface area contributed by atoms with Gasteiger partial charge in [0.05, 0.1) is 8.66 Å². The minimum atomic E-state index is 0.0665. The fraction of sp³-hybridized carbons (Fsp3) is 0.500. The summed E-state index contributed by atoms with van der Waals surface area (Å²) in [4.78, 5) is 12.2. The first kappa shape index (κ1) is 11.9. The fourth-order valence-electron chi connectivity index (χ4n) is 0.947. The highest BCUT2D eigenvalue weighted by atomic mass is 79.9. The number of ketones is 1. The molecule has 0 atom stereocenters. The lowest BCUT2D eigenvalue weighted by molar-refractivity contribution is 0.0759. The molecule has 0 radical (unpaired) electrons. The molecule has 78 valence electrons. The van der Waals surface area contributed by atoms with E-state index in [0.717, 1.165) is 21.5 Å². The largest absolute Gasteiger partial charge is 0.373 e. The summed E-state index contributed by atoms with van der Waals surface area (Å²) in [5.41, 5.74) is 0. The zero-order valence-electron chi connectivity index (χ0n) is 8.09. The molecule has 1 aromatic heterocycles. The number of carbonyl (C=O) groups is 1. The molecule has 0 aromatic carbocycles. The molecule has 0 aliphatic carbocycles. The predicted octanol–water partition coefficient (Wildman–Crippen LogP) is 3.51. The van der Waals surface area contributed by atoms with Crippen LogP contribution < -0.4 is 0 Å². The van der Waals surface area contributed by atoms with Crippen LogP contribution in [-0.2, 0) is 4.74 Å². The molecule has 0 saturated heterocycles. The standard InChI is InChI=1S/C10H13BrO2S/c1-2-3-6-13-7-8(12)9-4-5-10(11)14-9/h4-5H,2-3,6-7H2,1H3. The van der Waals surface area contributed by atoms with Gasteiger partial charge in [0.15, 0.2) is 5.78 Å². The summed E-state index contributed by atoms with van der Waals surface area (Å²) >= 11 is 4.77. The van der Waals surface area contributed by atoms with Crippen LogP contribution in [0.25, 0.3) is 0 Å². The number of unbranched alkanes of at least 4 members (excludes halogenated alkanes) is 1. The quantitative estimate of drug-likeness (QED) is 0.587. The second-order valence-electron chi connectivity index (χ2n) is 2.93. The van der Waals surface area contributed by atoms with Crippen LogP contribution in [0.3, 0.4) is 0 Å². The number of hydrogen-bond donors (Lipinski definition) is 0. The van der Waals surface area contributed by atoms with Gasteiger partial charge in [-0.25, -0.2) is 0 Å². The summed E-state index contributed by atoms with van der Waals surface area (Å²) in [6, 6.07) is 3.70. The van der Waals surface area contributed by atoms with Crippen LogP contribution in [0.1, 0.15) is 29.4 Å². The van der Waals surface area contributed by atoms with Gasteiger partial charge < -0.3 is 4.74 Å². The van der Waals surface area contributed by atoms with Crippen LogP contribution in [0.5, 0.6) is 0 Å². The Kier molecular flexibility index (Phi) is 5.37. The molecule has 0 aliphatic heterocycles. The number of ether oxygens (including phenoxy) is 1. The maximum atomic E-state index is 11.5. The van der Waals surface area contributed by atoms with E-state index in [1.54, 1.807) is 0 Å². The van der Waals surface area contributed by atoms with Crippen molar-refractivity contribution in [3.8, 4) is 0 Å². The van der Waals surface area contributed by atoms with E-state index in [4.69, 9.17) is 4.74 Å². The van der Waals surface area contributed by atoms with Crippen molar-refractivity contribution in [2.75, 3.05) is 13.2 Å². The Morgan fingerprint density at radius 3 is 2.93 bits per heavy atom. The monoisotopic (exact) mass is 276 g/mol. The molecule has 0 saturated carbocycles. The molecule has 14 heavy (non-hydrogen) atoms. The summed E-state index contributed by atoms with van der Waals surface area (Å²) in [7, 11) is 0. The van der Waals surface area contributed by atoms with Gasteiger partial charge >= 0.3 is 0 Å². The maximum Gasteiger partial charge on any atom is 0.198 e. The zero-order chi connectivity index (χ0) is 10.4. The van der Waals surface area contributed by atoms with Gasteiger partial charge in [0, 0.05) is 6.61 Å². The summed E-state index contributed by atoms with van der Waals surface area (Å²) in [5, 5.41) is 0. The second-order valence-corrected chi connectivity index (χ2v) is 5.40. The molecule has 1 rings (SSSR count). The Labute approximate surface area is 96.4 Å². The van der Waals surface area contributed by atoms with Crippen molar-refractivity contribution in [2.45, 2.75) is 19.8 Å². The number of rotatable bonds is 6. The highest BCUT2D eigenvalue weighted by molar-refractivity contribution is 9.11. The molecule has 0 unspecified atom stereocenters. The van der Waals surface area contributed by atoms with Crippen LogP contribution in [0.2, 0.25) is 0 Å². The number of halogens is 1. The van der Waals surface area contributed by atoms with Gasteiger partial charge in [0.25, 0.3) is 0 Å². The van der Waals surface area contributed by atoms with E-state index in [1.807, 2.05) is 12.1 Å². The smallest absolute Gasteiger partial charge is 0.198 e. The van der Waals surface area contributed by atoms with Gasteiger partial charge in [-0.3, -0.25) is 4.79 Å². The summed E-state index contributed by atoms with van der Waals surface area (Å²) in [6.45, 7) is 2.98. The third kappa shape index (κ3) is 3.90. The van der Waals surface area contributed by atoms with Crippen LogP contribution in [0.4, 0.5) is 0 Å². The number of carbonyl (C=O) groups excluding carboxylic acids is 1. The Morgan fingerprint density at radius 1 is 1.57 bits per heavy atom. The fourth-order valence-corrected chi connectivity index (χ4v) is 2.26. The predicted molar refractivity (Wildman–Crippen MR) is 62.1 cm³/mol. The molecular formula is C10H13BrO2S. The molecule has 0 fully saturated rings. The average molecular weight is 277 g/mol. The lowest BCUT2D eigenvalue weighted by atomic mass is 10.3. The molecule has 4 heteroatoms. The van der Waals surface area contributed by atoms with E-state index < -0.39 is 0 Å². The van der Waals surface area contributed by atoms with E-state index in [1.165, 1.54) is 11.3 Å². The van der Waals surface area contributed by atoms with Crippen molar-refractivity contribution in [3.63, 3.8) is 0 Å². The van der Waals surface area contributed by atoms with Crippen LogP contribution in [0.15, 0.2) is 15.9 Å². The van der Waals surface area contributed by atoms with Gasteiger partial charge in [-0.05, 0) is 34.5 Å². The second kappa shape index (κ2) is 6.32. The van der Waals surface area contributed by atoms with E-state index >= 15 is 0 Å². The minimum absolute atomic E-state index is 0.0665. The van der Waals surface area contributed by atoms with Gasteiger partial charge in [0.2, 0.25) is 0 Å². The van der Waals surface area contributed by atoms with Crippen molar-refractivity contribution in [3.05, 3.63) is 20.8 Å². The zero-order valence-corrected chi connectivity index (χ0v) is 10.5. The third-order valence-corrected chi connectivity index (χ3v) is 3.39. The molecule has 0 bridgehead atoms. The molecule has 0 aliphatic rings. The van der Waals surface area contributed by atoms with E-state index in [0.29, 0.717) is 6.61 Å². The van der Waals surface area contributed by atoms with Crippen LogP contribution >= 0.6 is 27.3 Å². The summed E-state index contributed by atoms with van der Waals surface area (Å²) in [5.74, 6) is 0.0665. The van der Waals surface area contributed by atoms with Gasteiger partial charge in [0.1, 0.15) is 6.61 Å². The lowest BCUT2D eigenvalue weighted by Gasteiger charge is -2.00. The molecule has 0 spiro atoms. The molecule has 1 aromatic rings. The topological polar surface area (TPSA) is 26.3 Å². The first-order valence-electron chi connectivity index (χ1n) is 4.60. The van der Waals surface area contributed by atoms with Crippen LogP contribution in [0, 0.1) is 0 Å². The number of hydrogen-bond acceptors (Lipinski definition) is 3. The van der Waals surface area contributed by atoms with E-state index in [-0.39, 0.29) is 12.4 Å². The molecule has 2 nitrogen and oxygen atoms in total. The Balaban J connectivity index is 2.29. The van der Waals surface area contributed by atoms with Crippen molar-refractivity contribution in [2.24, 2.45) is 0 Å². The van der Waals surface area contributed by atoms with Crippen molar-refractivity contribution >= 4 is 33.0 Å². The van der Waals surface area contributed by atoms with Crippen molar-refractivity contribution in [1.29, 1.82) is 0 Å². The SMILES string of the molecule is CCCCOCC(=O)c1ccc(Br)s1. The molecule has 0 amide bonds. The Bertz CT molecular complexity index is 296. The van der Waals surface area contributed by atoms with Crippen LogP contribution in [-0.4, -0.2) is 19.0 Å². The van der Waals surface area contributed by atoms with Gasteiger partial charge in [-0.15, -0.1) is 11.3 Å². The molecule has 0 N–H and O–H groups in total. The average Bonchev–Trinajstić information content (AvgIpc) is 2.59. The Morgan fingerprint density at radius 2 is 2.36 bits per heavy atom. The first-order valence-corrected chi connectivity index (χ1v) is 6.21. The number of thiophene rings is 1. The summed E-state index contributed by atoms with van der Waals surface area (Å²) in [6.07, 6.45) is 2.11. The number of Topliss-reactive ketones (excluding diaryl/α,β-unsaturated/α-hetero) is 1. The van der Waals surface area contributed by atoms with E-state index in [9.17, 15) is 4.79 Å². The van der Waals surface area contributed by atoms with Gasteiger partial charge in [-0.2, -0.15) is 0 Å². The van der Waals surface area contributed by atoms with E-state index in [2.05, 4.69) is 22.9 Å². The first-order chi connectivity index (χ1) is 6.74. The van der Waals surface area contributed by atoms with Crippen molar-refractivity contribution < 1.29 is 9.53 Å². The highest BCUT2D eigenvalue weighted by Gasteiger charge is 2.07. The minimum Gasteiger partial charge on any atom is -0.373 e. The third-order valence-electron chi connectivity index (χ3n) is 1.72. The highest BCUT2D eigenvalue weighted by Crippen LogP contribution is 2.22.